The molecule has 5 heteroatoms. The van der Waals surface area contributed by atoms with Crippen LogP contribution in [0.5, 0.6) is 0 Å². The molecule has 0 saturated carbocycles. The minimum atomic E-state index is 0.607. The SMILES string of the molecule is c1ccc(-c2cccc(-c3nc(-c4ccccc4)nc(-c4cc(-n5c6cc(-n7c8ccccc8c8cc9ccccc9cc87)ccc6c6cc7ccccc7cc65)c5ccccc5c4)n3)c2)cc1. The van der Waals surface area contributed by atoms with Crippen molar-refractivity contribution < 1.29 is 0 Å². The fourth-order valence-electron chi connectivity index (χ4n) is 10.4. The Balaban J connectivity index is 1.04. The molecule has 0 atom stereocenters. The Hall–Kier alpha value is -9.19. The van der Waals surface area contributed by atoms with Gasteiger partial charge < -0.3 is 9.13 Å². The Bertz CT molecular complexity index is 4320. The van der Waals surface area contributed by atoms with Gasteiger partial charge in [-0.05, 0) is 98.7 Å². The molecule has 5 nitrogen and oxygen atoms in total. The standard InChI is InChI=1S/C63H39N5/c1-3-16-40(17-4-1)42-25-15-26-48(32-42)62-64-61(41-18-5-2-6-19-41)65-63(66-62)49-33-47-24-11-12-27-51(47)57(38-49)68-59-37-46-23-10-8-21-44(46)35-55(59)53-31-30-50(39-60(53)68)67-56-29-14-13-28-52(56)54-34-43-20-7-9-22-45(43)36-58(54)67/h1-39H. The van der Waals surface area contributed by atoms with Crippen molar-refractivity contribution in [3.63, 3.8) is 0 Å². The van der Waals surface area contributed by atoms with Gasteiger partial charge in [-0.25, -0.2) is 15.0 Å². The maximum atomic E-state index is 5.32. The highest BCUT2D eigenvalue weighted by molar-refractivity contribution is 6.17. The van der Waals surface area contributed by atoms with Gasteiger partial charge in [0.1, 0.15) is 0 Å². The molecule has 0 radical (unpaired) electrons. The van der Waals surface area contributed by atoms with Crippen molar-refractivity contribution >= 4 is 75.9 Å². The molecular formula is C63H39N5. The van der Waals surface area contributed by atoms with Crippen molar-refractivity contribution in [3.8, 4) is 56.7 Å². The van der Waals surface area contributed by atoms with E-state index < -0.39 is 0 Å². The highest BCUT2D eigenvalue weighted by atomic mass is 15.0. The number of benzene rings is 11. The van der Waals surface area contributed by atoms with Crippen LogP contribution in [0.3, 0.4) is 0 Å². The summed E-state index contributed by atoms with van der Waals surface area (Å²) >= 11 is 0. The summed E-state index contributed by atoms with van der Waals surface area (Å²) in [6.45, 7) is 0. The van der Waals surface area contributed by atoms with Crippen LogP contribution in [0.25, 0.3) is 133 Å². The first-order chi connectivity index (χ1) is 33.7. The number of para-hydroxylation sites is 1. The molecule has 316 valence electrons. The van der Waals surface area contributed by atoms with E-state index in [0.717, 1.165) is 61.0 Å². The fourth-order valence-corrected chi connectivity index (χ4v) is 10.4. The zero-order valence-corrected chi connectivity index (χ0v) is 36.8. The first-order valence-corrected chi connectivity index (χ1v) is 23.1. The first kappa shape index (κ1) is 38.1. The summed E-state index contributed by atoms with van der Waals surface area (Å²) in [7, 11) is 0. The first-order valence-electron chi connectivity index (χ1n) is 23.1. The second-order valence-electron chi connectivity index (χ2n) is 17.7. The normalized spacial score (nSPS) is 11.8. The molecule has 68 heavy (non-hydrogen) atoms. The molecule has 0 bridgehead atoms. The van der Waals surface area contributed by atoms with E-state index in [0.29, 0.717) is 17.5 Å². The van der Waals surface area contributed by atoms with Crippen LogP contribution in [-0.4, -0.2) is 24.1 Å². The smallest absolute Gasteiger partial charge is 0.164 e. The molecular weight excluding hydrogens is 827 g/mol. The lowest BCUT2D eigenvalue weighted by molar-refractivity contribution is 1.07. The monoisotopic (exact) mass is 865 g/mol. The van der Waals surface area contributed by atoms with Crippen molar-refractivity contribution in [3.05, 3.63) is 237 Å². The summed E-state index contributed by atoms with van der Waals surface area (Å²) in [4.78, 5) is 15.7. The van der Waals surface area contributed by atoms with Crippen LogP contribution in [0.2, 0.25) is 0 Å². The lowest BCUT2D eigenvalue weighted by Gasteiger charge is -2.16. The van der Waals surface area contributed by atoms with Crippen molar-refractivity contribution in [2.45, 2.75) is 0 Å². The number of hydrogen-bond acceptors (Lipinski definition) is 3. The largest absolute Gasteiger partial charge is 0.309 e. The third-order valence-corrected chi connectivity index (χ3v) is 13.6. The van der Waals surface area contributed by atoms with Crippen molar-refractivity contribution in [2.75, 3.05) is 0 Å². The van der Waals surface area contributed by atoms with Gasteiger partial charge in [0.2, 0.25) is 0 Å². The fraction of sp³-hybridized carbons (Fsp3) is 0. The van der Waals surface area contributed by atoms with Gasteiger partial charge in [-0.3, -0.25) is 0 Å². The number of hydrogen-bond donors (Lipinski definition) is 0. The van der Waals surface area contributed by atoms with E-state index in [9.17, 15) is 0 Å². The zero-order valence-electron chi connectivity index (χ0n) is 36.8. The summed E-state index contributed by atoms with van der Waals surface area (Å²) in [5.41, 5.74) is 11.7. The van der Waals surface area contributed by atoms with E-state index >= 15 is 0 Å². The van der Waals surface area contributed by atoms with Gasteiger partial charge in [-0.1, -0.05) is 176 Å². The predicted molar refractivity (Wildman–Crippen MR) is 283 cm³/mol. The van der Waals surface area contributed by atoms with Crippen LogP contribution in [0.4, 0.5) is 0 Å². The van der Waals surface area contributed by atoms with Gasteiger partial charge in [0, 0.05) is 49.3 Å². The van der Waals surface area contributed by atoms with E-state index in [1.807, 2.05) is 24.3 Å². The van der Waals surface area contributed by atoms with Crippen LogP contribution in [0.1, 0.15) is 0 Å². The van der Waals surface area contributed by atoms with Gasteiger partial charge >= 0.3 is 0 Å². The number of fused-ring (bicyclic) bond motifs is 9. The Labute approximate surface area is 391 Å². The minimum absolute atomic E-state index is 0.607. The summed E-state index contributed by atoms with van der Waals surface area (Å²) < 4.78 is 4.91. The van der Waals surface area contributed by atoms with Gasteiger partial charge in [0.25, 0.3) is 0 Å². The van der Waals surface area contributed by atoms with Crippen LogP contribution in [0, 0.1) is 0 Å². The molecule has 3 heterocycles. The van der Waals surface area contributed by atoms with Gasteiger partial charge in [0.15, 0.2) is 17.5 Å². The maximum Gasteiger partial charge on any atom is 0.164 e. The predicted octanol–water partition coefficient (Wildman–Crippen LogP) is 16.2. The average Bonchev–Trinajstić information content (AvgIpc) is 3.90. The Morgan fingerprint density at radius 3 is 1.41 bits per heavy atom. The quantitative estimate of drug-likeness (QED) is 0.167. The van der Waals surface area contributed by atoms with Crippen molar-refractivity contribution in [2.24, 2.45) is 0 Å². The van der Waals surface area contributed by atoms with Gasteiger partial charge in [0.05, 0.1) is 27.8 Å². The highest BCUT2D eigenvalue weighted by Crippen LogP contribution is 2.42. The summed E-state index contributed by atoms with van der Waals surface area (Å²) in [5.74, 6) is 1.85. The van der Waals surface area contributed by atoms with E-state index in [-0.39, 0.29) is 0 Å². The molecule has 3 aromatic heterocycles. The third-order valence-electron chi connectivity index (χ3n) is 13.6. The lowest BCUT2D eigenvalue weighted by Crippen LogP contribution is -2.02. The summed E-state index contributed by atoms with van der Waals surface area (Å²) in [6, 6.07) is 84.9. The van der Waals surface area contributed by atoms with E-state index in [1.165, 1.54) is 54.1 Å². The molecule has 0 fully saturated rings. The molecule has 0 aliphatic rings. The van der Waals surface area contributed by atoms with Crippen LogP contribution < -0.4 is 0 Å². The zero-order chi connectivity index (χ0) is 44.7. The van der Waals surface area contributed by atoms with Crippen LogP contribution in [-0.2, 0) is 0 Å². The molecule has 0 spiro atoms. The lowest BCUT2D eigenvalue weighted by atomic mass is 10.0. The number of aromatic nitrogens is 5. The van der Waals surface area contributed by atoms with Crippen molar-refractivity contribution in [1.82, 2.24) is 24.1 Å². The second-order valence-corrected chi connectivity index (χ2v) is 17.7. The van der Waals surface area contributed by atoms with E-state index in [4.69, 9.17) is 15.0 Å². The van der Waals surface area contributed by atoms with Crippen LogP contribution >= 0.6 is 0 Å². The average molecular weight is 866 g/mol. The molecule has 0 unspecified atom stereocenters. The molecule has 0 amide bonds. The third kappa shape index (κ3) is 6.14. The van der Waals surface area contributed by atoms with Gasteiger partial charge in [-0.15, -0.1) is 0 Å². The van der Waals surface area contributed by atoms with Gasteiger partial charge in [-0.2, -0.15) is 0 Å². The molecule has 0 saturated heterocycles. The highest BCUT2D eigenvalue weighted by Gasteiger charge is 2.21. The number of nitrogens with zero attached hydrogens (tertiary/aromatic N) is 5. The molecule has 14 rings (SSSR count). The molecule has 0 N–H and O–H groups in total. The molecule has 0 aliphatic heterocycles. The number of rotatable bonds is 6. The Kier molecular flexibility index (Phi) is 8.52. The van der Waals surface area contributed by atoms with Crippen LogP contribution in [0.15, 0.2) is 237 Å². The van der Waals surface area contributed by atoms with E-state index in [1.54, 1.807) is 0 Å². The summed E-state index contributed by atoms with van der Waals surface area (Å²) in [6.07, 6.45) is 0. The second kappa shape index (κ2) is 15.2. The maximum absolute atomic E-state index is 5.32. The molecule has 11 aromatic carbocycles. The van der Waals surface area contributed by atoms with E-state index in [2.05, 4.69) is 221 Å². The Morgan fingerprint density at radius 1 is 0.235 bits per heavy atom. The Morgan fingerprint density at radius 2 is 0.721 bits per heavy atom. The summed E-state index contributed by atoms with van der Waals surface area (Å²) in [5, 5.41) is 11.9. The van der Waals surface area contributed by atoms with Crippen molar-refractivity contribution in [1.29, 1.82) is 0 Å². The minimum Gasteiger partial charge on any atom is -0.309 e. The molecule has 14 aromatic rings. The topological polar surface area (TPSA) is 48.5 Å². The molecule has 0 aliphatic carbocycles.